The molecule has 6 saturated heterocycles. The van der Waals surface area contributed by atoms with Gasteiger partial charge in [-0.25, -0.2) is 0 Å². The van der Waals surface area contributed by atoms with Crippen LogP contribution < -0.4 is 0 Å². The number of hydrogen-bond acceptors (Lipinski definition) is 12. The van der Waals surface area contributed by atoms with E-state index in [1.807, 2.05) is 0 Å². The molecule has 0 amide bonds. The molecule has 322 valence electrons. The fourth-order valence-corrected chi connectivity index (χ4v) is 60.5. The molecule has 55 heavy (non-hydrogen) atoms. The van der Waals surface area contributed by atoms with Gasteiger partial charge in [-0.2, -0.15) is 0 Å². The van der Waals surface area contributed by atoms with E-state index in [-0.39, 0.29) is 41.4 Å². The van der Waals surface area contributed by atoms with Gasteiger partial charge in [-0.1, -0.05) is 130 Å². The Hall–Kier alpha value is 1.26. The molecule has 0 aromatic heterocycles. The van der Waals surface area contributed by atoms with Crippen molar-refractivity contribution in [2.24, 2.45) is 41.4 Å². The molecule has 6 fully saturated rings. The van der Waals surface area contributed by atoms with E-state index in [2.05, 4.69) is 104 Å². The lowest BCUT2D eigenvalue weighted by molar-refractivity contribution is -0.0341. The maximum Gasteiger partial charge on any atom is 0.479 e. The molecule has 6 aliphatic heterocycles. The van der Waals surface area contributed by atoms with Crippen LogP contribution in [0.4, 0.5) is 0 Å². The molecule has 8 bridgehead atoms. The minimum Gasteiger partial charge on any atom is -0.373 e. The standard InChI is InChI=1S/C35H78O12Si8/c1-16-17-18-19-20-21-48-36-49(22-29(2)3)39-52(25-32(8)9)41-50(37-48,23-30(4)5)43-54(27-34(12)13)44-51(38-48,24-31(6)7)42-53(40-49,26-33(10)11)46-55(45-52,47-54)28-35(14)15/h29-35H,16-28H2,1-15H3. The van der Waals surface area contributed by atoms with Crippen molar-refractivity contribution < 1.29 is 49.4 Å². The van der Waals surface area contributed by atoms with E-state index in [1.54, 1.807) is 0 Å². The Kier molecular flexibility index (Phi) is 15.4. The molecule has 20 heteroatoms. The van der Waals surface area contributed by atoms with Crippen molar-refractivity contribution in [2.75, 3.05) is 0 Å². The largest absolute Gasteiger partial charge is 0.479 e. The van der Waals surface area contributed by atoms with Gasteiger partial charge in [-0.05, 0) is 47.8 Å². The predicted molar refractivity (Wildman–Crippen MR) is 230 cm³/mol. The van der Waals surface area contributed by atoms with E-state index in [4.69, 9.17) is 49.4 Å². The van der Waals surface area contributed by atoms with Gasteiger partial charge >= 0.3 is 70.4 Å². The third kappa shape index (κ3) is 11.6. The smallest absolute Gasteiger partial charge is 0.373 e. The van der Waals surface area contributed by atoms with Crippen molar-refractivity contribution in [2.45, 2.75) is 184 Å². The lowest BCUT2D eigenvalue weighted by atomic mass is 10.2. The van der Waals surface area contributed by atoms with E-state index in [9.17, 15) is 0 Å². The summed E-state index contributed by atoms with van der Waals surface area (Å²) in [5.41, 5.74) is 0. The molecule has 0 spiro atoms. The molecule has 0 saturated carbocycles. The van der Waals surface area contributed by atoms with Crippen LogP contribution in [0.15, 0.2) is 0 Å². The molecular formula is C35H78O12Si8. The SMILES string of the molecule is CCCCCCC[Si]12O[Si]3(CC(C)C)O[Si]4(CC(C)C)O[Si](CC(C)C)(O1)O[Si]1(CC(C)C)O[Si](CC(C)C)(O2)O[Si](CC(C)C)(O3)O[Si](CC(C)C)(O4)O1. The fraction of sp³-hybridized carbons (Fsp3) is 1.00. The van der Waals surface area contributed by atoms with Crippen molar-refractivity contribution in [3.63, 3.8) is 0 Å². The van der Waals surface area contributed by atoms with Gasteiger partial charge < -0.3 is 49.4 Å². The molecule has 0 radical (unpaired) electrons. The second-order valence-corrected chi connectivity index (χ2v) is 44.1. The first kappa shape index (κ1) is 47.3. The van der Waals surface area contributed by atoms with Crippen molar-refractivity contribution in [1.29, 1.82) is 0 Å². The average molecular weight is 916 g/mol. The van der Waals surface area contributed by atoms with Crippen LogP contribution in [-0.2, 0) is 49.4 Å². The molecule has 0 aliphatic carbocycles. The van der Waals surface area contributed by atoms with Crippen molar-refractivity contribution in [3.8, 4) is 0 Å². The summed E-state index contributed by atoms with van der Waals surface area (Å²) in [5, 5.41) is 0. The molecule has 6 aliphatic rings. The van der Waals surface area contributed by atoms with Crippen molar-refractivity contribution in [3.05, 3.63) is 0 Å². The van der Waals surface area contributed by atoms with Gasteiger partial charge in [0.25, 0.3) is 0 Å². The van der Waals surface area contributed by atoms with Gasteiger partial charge in [-0.15, -0.1) is 0 Å². The maximum atomic E-state index is 7.84. The summed E-state index contributed by atoms with van der Waals surface area (Å²) in [6, 6.07) is 4.20. The number of hydrogen-bond donors (Lipinski definition) is 0. The first-order valence-corrected chi connectivity index (χ1v) is 37.3. The fourth-order valence-electron chi connectivity index (χ4n) is 8.82. The van der Waals surface area contributed by atoms with Gasteiger partial charge in [0.2, 0.25) is 0 Å². The summed E-state index contributed by atoms with van der Waals surface area (Å²) in [6.07, 6.45) is 5.36. The zero-order valence-electron chi connectivity index (χ0n) is 37.1. The van der Waals surface area contributed by atoms with Crippen LogP contribution in [0.1, 0.15) is 136 Å². The second kappa shape index (κ2) is 17.9. The van der Waals surface area contributed by atoms with Gasteiger partial charge in [-0.3, -0.25) is 0 Å². The average Bonchev–Trinajstić information content (AvgIpc) is 2.90. The molecule has 0 unspecified atom stereocenters. The maximum absolute atomic E-state index is 7.84. The zero-order valence-corrected chi connectivity index (χ0v) is 45.1. The Bertz CT molecular complexity index is 1130. The predicted octanol–water partition coefficient (Wildman–Crippen LogP) is 10.3. The minimum atomic E-state index is -3.86. The molecule has 0 atom stereocenters. The Morgan fingerprint density at radius 2 is 0.436 bits per heavy atom. The van der Waals surface area contributed by atoms with E-state index < -0.39 is 70.4 Å². The van der Waals surface area contributed by atoms with Crippen LogP contribution >= 0.6 is 0 Å². The second-order valence-electron chi connectivity index (χ2n) is 20.0. The number of unbranched alkanes of at least 4 members (excludes halogenated alkanes) is 4. The molecule has 6 heterocycles. The van der Waals surface area contributed by atoms with Gasteiger partial charge in [0.15, 0.2) is 0 Å². The highest BCUT2D eigenvalue weighted by atomic mass is 28.6. The van der Waals surface area contributed by atoms with E-state index in [0.29, 0.717) is 48.4 Å². The zero-order chi connectivity index (χ0) is 40.7. The quantitative estimate of drug-likeness (QED) is 0.0857. The summed E-state index contributed by atoms with van der Waals surface area (Å²) in [6.45, 7) is 32.9. The van der Waals surface area contributed by atoms with Gasteiger partial charge in [0.1, 0.15) is 0 Å². The summed E-state index contributed by atoms with van der Waals surface area (Å²) in [7, 11) is -30.9. The van der Waals surface area contributed by atoms with Gasteiger partial charge in [0.05, 0.1) is 0 Å². The third-order valence-corrected chi connectivity index (χ3v) is 50.0. The Labute approximate surface area is 343 Å². The first-order chi connectivity index (χ1) is 25.5. The van der Waals surface area contributed by atoms with Crippen molar-refractivity contribution >= 4 is 70.4 Å². The summed E-state index contributed by atoms with van der Waals surface area (Å²) in [4.78, 5) is 0. The highest BCUT2D eigenvalue weighted by Crippen LogP contribution is 2.56. The van der Waals surface area contributed by atoms with Crippen LogP contribution in [0.3, 0.4) is 0 Å². The number of rotatable bonds is 20. The molecule has 0 aromatic rings. The molecule has 0 aromatic carbocycles. The minimum absolute atomic E-state index is 0.150. The van der Waals surface area contributed by atoms with Crippen LogP contribution in [-0.4, -0.2) is 70.4 Å². The Morgan fingerprint density at radius 3 is 0.618 bits per heavy atom. The topological polar surface area (TPSA) is 111 Å². The Balaban J connectivity index is 1.92. The molecule has 12 nitrogen and oxygen atoms in total. The lowest BCUT2D eigenvalue weighted by Crippen LogP contribution is -2.88. The molecule has 6 rings (SSSR count). The molecule has 0 N–H and O–H groups in total. The highest BCUT2D eigenvalue weighted by molar-refractivity contribution is 7.03. The Morgan fingerprint density at radius 1 is 0.255 bits per heavy atom. The van der Waals surface area contributed by atoms with E-state index in [0.717, 1.165) is 25.7 Å². The summed E-state index contributed by atoms with van der Waals surface area (Å²) >= 11 is 0. The lowest BCUT2D eigenvalue weighted by Gasteiger charge is -2.64. The monoisotopic (exact) mass is 914 g/mol. The highest BCUT2D eigenvalue weighted by Gasteiger charge is 2.83. The van der Waals surface area contributed by atoms with Crippen LogP contribution in [0.2, 0.25) is 48.4 Å². The van der Waals surface area contributed by atoms with E-state index in [1.165, 1.54) is 6.42 Å². The van der Waals surface area contributed by atoms with Gasteiger partial charge in [0, 0.05) is 48.4 Å². The summed E-state index contributed by atoms with van der Waals surface area (Å²) < 4.78 is 93.7. The first-order valence-electron chi connectivity index (χ1n) is 21.9. The normalized spacial score (nSPS) is 40.3. The third-order valence-electron chi connectivity index (χ3n) is 9.93. The summed E-state index contributed by atoms with van der Waals surface area (Å²) in [5.74, 6) is 1.07. The molecular weight excluding hydrogens is 837 g/mol. The van der Waals surface area contributed by atoms with Crippen LogP contribution in [0.25, 0.3) is 0 Å². The van der Waals surface area contributed by atoms with Crippen LogP contribution in [0.5, 0.6) is 0 Å². The van der Waals surface area contributed by atoms with E-state index >= 15 is 0 Å². The van der Waals surface area contributed by atoms with Crippen molar-refractivity contribution in [1.82, 2.24) is 0 Å². The van der Waals surface area contributed by atoms with Crippen LogP contribution in [0, 0.1) is 41.4 Å².